The summed E-state index contributed by atoms with van der Waals surface area (Å²) in [5.41, 5.74) is 0.969. The van der Waals surface area contributed by atoms with Crippen molar-refractivity contribution in [2.24, 2.45) is 10.9 Å². The Bertz CT molecular complexity index is 612. The van der Waals surface area contributed by atoms with Crippen LogP contribution in [-0.4, -0.2) is 56.8 Å². The second-order valence-electron chi connectivity index (χ2n) is 7.34. The Morgan fingerprint density at radius 2 is 1.93 bits per heavy atom. The highest BCUT2D eigenvalue weighted by Crippen LogP contribution is 2.32. The molecule has 6 nitrogen and oxygen atoms in total. The minimum atomic E-state index is 0.678. The molecule has 27 heavy (non-hydrogen) atoms. The zero-order valence-corrected chi connectivity index (χ0v) is 16.8. The van der Waals surface area contributed by atoms with Crippen molar-refractivity contribution in [3.05, 3.63) is 18.2 Å². The van der Waals surface area contributed by atoms with Crippen molar-refractivity contribution < 1.29 is 9.47 Å². The Hall–Kier alpha value is -1.95. The average Bonchev–Trinajstić information content (AvgIpc) is 2.93. The zero-order valence-electron chi connectivity index (χ0n) is 16.8. The Morgan fingerprint density at radius 1 is 1.15 bits per heavy atom. The largest absolute Gasteiger partial charge is 0.490 e. The van der Waals surface area contributed by atoms with Gasteiger partial charge in [-0.25, -0.2) is 0 Å². The van der Waals surface area contributed by atoms with Crippen LogP contribution >= 0.6 is 0 Å². The zero-order chi connectivity index (χ0) is 18.9. The summed E-state index contributed by atoms with van der Waals surface area (Å²) in [5.74, 6) is 3.13. The van der Waals surface area contributed by atoms with Crippen LogP contribution in [0.15, 0.2) is 23.2 Å². The Morgan fingerprint density at radius 3 is 2.67 bits per heavy atom. The second-order valence-corrected chi connectivity index (χ2v) is 7.34. The lowest BCUT2D eigenvalue weighted by Gasteiger charge is -2.31. The van der Waals surface area contributed by atoms with E-state index < -0.39 is 0 Å². The topological polar surface area (TPSA) is 58.1 Å². The lowest BCUT2D eigenvalue weighted by atomic mass is 9.97. The molecule has 6 heteroatoms. The second kappa shape index (κ2) is 10.4. The van der Waals surface area contributed by atoms with Gasteiger partial charge in [-0.05, 0) is 63.9 Å². The van der Waals surface area contributed by atoms with Crippen LogP contribution in [0.4, 0.5) is 5.69 Å². The third-order valence-electron chi connectivity index (χ3n) is 5.11. The lowest BCUT2D eigenvalue weighted by Crippen LogP contribution is -2.36. The molecule has 0 amide bonds. The smallest absolute Gasteiger partial charge is 0.195 e. The first kappa shape index (κ1) is 19.8. The van der Waals surface area contributed by atoms with Crippen molar-refractivity contribution in [1.82, 2.24) is 10.2 Å². The quantitative estimate of drug-likeness (QED) is 0.591. The number of anilines is 1. The number of fused-ring (bicyclic) bond motifs is 1. The molecule has 3 rings (SSSR count). The number of guanidine groups is 1. The summed E-state index contributed by atoms with van der Waals surface area (Å²) in [6.45, 7) is 11.1. The fraction of sp³-hybridized carbons (Fsp3) is 0.667. The minimum absolute atomic E-state index is 0.678. The van der Waals surface area contributed by atoms with Crippen LogP contribution in [0, 0.1) is 5.92 Å². The maximum Gasteiger partial charge on any atom is 0.195 e. The number of ether oxygens (including phenoxy) is 2. The molecule has 1 aromatic rings. The fourth-order valence-electron chi connectivity index (χ4n) is 3.61. The summed E-state index contributed by atoms with van der Waals surface area (Å²) >= 11 is 0. The van der Waals surface area contributed by atoms with Gasteiger partial charge in [-0.1, -0.05) is 6.92 Å². The van der Waals surface area contributed by atoms with Crippen LogP contribution in [0.25, 0.3) is 0 Å². The van der Waals surface area contributed by atoms with E-state index in [1.165, 1.54) is 38.9 Å². The molecule has 0 aromatic heterocycles. The molecule has 2 aliphatic rings. The molecule has 1 fully saturated rings. The number of nitrogens with zero attached hydrogens (tertiary/aromatic N) is 2. The van der Waals surface area contributed by atoms with Gasteiger partial charge in [0, 0.05) is 31.3 Å². The maximum absolute atomic E-state index is 5.79. The van der Waals surface area contributed by atoms with E-state index in [0.29, 0.717) is 19.1 Å². The number of aliphatic imine (C=N–C) groups is 1. The molecular weight excluding hydrogens is 340 g/mol. The normalized spacial score (nSPS) is 18.8. The lowest BCUT2D eigenvalue weighted by molar-refractivity contribution is 0.188. The van der Waals surface area contributed by atoms with Gasteiger partial charge in [0.2, 0.25) is 0 Å². The molecule has 150 valence electrons. The van der Waals surface area contributed by atoms with E-state index in [9.17, 15) is 0 Å². The van der Waals surface area contributed by atoms with Gasteiger partial charge in [0.15, 0.2) is 17.5 Å². The third-order valence-corrected chi connectivity index (χ3v) is 5.11. The number of nitrogens with one attached hydrogen (secondary N) is 2. The monoisotopic (exact) mass is 374 g/mol. The number of rotatable bonds is 6. The van der Waals surface area contributed by atoms with E-state index in [4.69, 9.17) is 14.5 Å². The van der Waals surface area contributed by atoms with Gasteiger partial charge in [0.05, 0.1) is 13.2 Å². The number of likely N-dealkylation sites (tertiary alicyclic amines) is 1. The Balaban J connectivity index is 1.57. The molecular formula is C21H34N4O2. The minimum Gasteiger partial charge on any atom is -0.490 e. The van der Waals surface area contributed by atoms with E-state index in [2.05, 4.69) is 29.4 Å². The standard InChI is InChI=1S/C21H34N4O2/c1-3-10-25-11-8-17(9-12-25)16-23-21(22-4-2)24-18-6-7-19-20(15-18)27-14-5-13-26-19/h6-7,15,17H,3-5,8-14,16H2,1-2H3,(H2,22,23,24). The molecule has 0 radical (unpaired) electrons. The number of hydrogen-bond donors (Lipinski definition) is 2. The molecule has 0 spiro atoms. The molecule has 2 aliphatic heterocycles. The van der Waals surface area contributed by atoms with Crippen LogP contribution in [0.2, 0.25) is 0 Å². The van der Waals surface area contributed by atoms with Gasteiger partial charge >= 0.3 is 0 Å². The van der Waals surface area contributed by atoms with E-state index in [-0.39, 0.29) is 0 Å². The Kier molecular flexibility index (Phi) is 7.63. The third kappa shape index (κ3) is 6.03. The number of hydrogen-bond acceptors (Lipinski definition) is 4. The van der Waals surface area contributed by atoms with Crippen molar-refractivity contribution in [2.45, 2.75) is 39.5 Å². The summed E-state index contributed by atoms with van der Waals surface area (Å²) < 4.78 is 11.5. The molecule has 0 atom stereocenters. The summed E-state index contributed by atoms with van der Waals surface area (Å²) in [4.78, 5) is 7.41. The van der Waals surface area contributed by atoms with E-state index in [1.54, 1.807) is 0 Å². The summed E-state index contributed by atoms with van der Waals surface area (Å²) in [7, 11) is 0. The highest BCUT2D eigenvalue weighted by molar-refractivity contribution is 5.93. The maximum atomic E-state index is 5.79. The summed E-state index contributed by atoms with van der Waals surface area (Å²) in [6.07, 6.45) is 4.64. The van der Waals surface area contributed by atoms with Crippen molar-refractivity contribution >= 4 is 11.6 Å². The molecule has 0 aliphatic carbocycles. The first-order valence-corrected chi connectivity index (χ1v) is 10.5. The molecule has 2 N–H and O–H groups in total. The van der Waals surface area contributed by atoms with Crippen molar-refractivity contribution in [3.8, 4) is 11.5 Å². The molecule has 1 saturated heterocycles. The predicted octanol–water partition coefficient (Wildman–Crippen LogP) is 3.35. The molecule has 0 saturated carbocycles. The number of benzene rings is 1. The van der Waals surface area contributed by atoms with Gasteiger partial charge < -0.3 is 25.0 Å². The fourth-order valence-corrected chi connectivity index (χ4v) is 3.61. The highest BCUT2D eigenvalue weighted by atomic mass is 16.5. The van der Waals surface area contributed by atoms with Crippen LogP contribution in [0.5, 0.6) is 11.5 Å². The molecule has 2 heterocycles. The van der Waals surface area contributed by atoms with Gasteiger partial charge in [-0.15, -0.1) is 0 Å². The van der Waals surface area contributed by atoms with Gasteiger partial charge in [-0.2, -0.15) is 0 Å². The van der Waals surface area contributed by atoms with E-state index >= 15 is 0 Å². The van der Waals surface area contributed by atoms with Crippen LogP contribution in [0.1, 0.15) is 39.5 Å². The van der Waals surface area contributed by atoms with Crippen LogP contribution in [-0.2, 0) is 0 Å². The SMILES string of the molecule is CCCN1CCC(CN=C(NCC)Nc2ccc3c(c2)OCCCO3)CC1. The molecule has 0 unspecified atom stereocenters. The predicted molar refractivity (Wildman–Crippen MR) is 111 cm³/mol. The van der Waals surface area contributed by atoms with Crippen LogP contribution in [0.3, 0.4) is 0 Å². The number of piperidine rings is 1. The molecule has 0 bridgehead atoms. The van der Waals surface area contributed by atoms with Crippen molar-refractivity contribution in [3.63, 3.8) is 0 Å². The highest BCUT2D eigenvalue weighted by Gasteiger charge is 2.18. The first-order chi connectivity index (χ1) is 13.3. The van der Waals surface area contributed by atoms with Gasteiger partial charge in [0.25, 0.3) is 0 Å². The summed E-state index contributed by atoms with van der Waals surface area (Å²) in [5, 5.41) is 6.76. The van der Waals surface area contributed by atoms with E-state index in [0.717, 1.165) is 42.7 Å². The van der Waals surface area contributed by atoms with Gasteiger partial charge in [0.1, 0.15) is 0 Å². The summed E-state index contributed by atoms with van der Waals surface area (Å²) in [6, 6.07) is 5.98. The molecule has 1 aromatic carbocycles. The van der Waals surface area contributed by atoms with Crippen LogP contribution < -0.4 is 20.1 Å². The van der Waals surface area contributed by atoms with Crippen molar-refractivity contribution in [1.29, 1.82) is 0 Å². The van der Waals surface area contributed by atoms with Crippen molar-refractivity contribution in [2.75, 3.05) is 51.3 Å². The van der Waals surface area contributed by atoms with E-state index in [1.807, 2.05) is 18.2 Å². The van der Waals surface area contributed by atoms with Gasteiger partial charge in [-0.3, -0.25) is 4.99 Å². The first-order valence-electron chi connectivity index (χ1n) is 10.5. The average molecular weight is 375 g/mol. The Labute approximate surface area is 163 Å².